The van der Waals surface area contributed by atoms with E-state index in [4.69, 9.17) is 0 Å². The second kappa shape index (κ2) is 2.46. The number of nitrogens with one attached hydrogen (secondary N) is 1. The lowest BCUT2D eigenvalue weighted by Gasteiger charge is -2.39. The third-order valence-corrected chi connectivity index (χ3v) is 3.04. The smallest absolute Gasteiger partial charge is 0.0897 e. The molecule has 1 saturated heterocycles. The van der Waals surface area contributed by atoms with Gasteiger partial charge in [-0.1, -0.05) is 6.92 Å². The molecule has 2 heteroatoms. The van der Waals surface area contributed by atoms with Crippen molar-refractivity contribution in [3.8, 4) is 0 Å². The summed E-state index contributed by atoms with van der Waals surface area (Å²) in [5, 5.41) is 12.9. The standard InChI is InChI=1S/C9H17NO/c1-7(8-2-3-8)4-9(11)5-10-6-9/h7-8,10-11H,2-6H2,1H3. The van der Waals surface area contributed by atoms with Crippen molar-refractivity contribution in [1.82, 2.24) is 5.32 Å². The van der Waals surface area contributed by atoms with E-state index in [0.717, 1.165) is 31.3 Å². The molecule has 1 unspecified atom stereocenters. The zero-order valence-corrected chi connectivity index (χ0v) is 7.14. The summed E-state index contributed by atoms with van der Waals surface area (Å²) in [6, 6.07) is 0. The number of aliphatic hydroxyl groups is 1. The second-order valence-electron chi connectivity index (χ2n) is 4.35. The van der Waals surface area contributed by atoms with Gasteiger partial charge in [0, 0.05) is 13.1 Å². The molecule has 1 saturated carbocycles. The van der Waals surface area contributed by atoms with E-state index in [0.29, 0.717) is 0 Å². The predicted octanol–water partition coefficient (Wildman–Crippen LogP) is 0.757. The second-order valence-corrected chi connectivity index (χ2v) is 4.35. The van der Waals surface area contributed by atoms with E-state index in [1.54, 1.807) is 0 Å². The summed E-state index contributed by atoms with van der Waals surface area (Å²) in [5.74, 6) is 1.67. The molecular formula is C9H17NO. The van der Waals surface area contributed by atoms with Crippen molar-refractivity contribution in [2.75, 3.05) is 13.1 Å². The van der Waals surface area contributed by atoms with Gasteiger partial charge in [-0.05, 0) is 31.1 Å². The molecule has 0 bridgehead atoms. The normalized spacial score (nSPS) is 31.1. The fourth-order valence-electron chi connectivity index (χ4n) is 1.99. The van der Waals surface area contributed by atoms with E-state index >= 15 is 0 Å². The Balaban J connectivity index is 1.78. The van der Waals surface area contributed by atoms with Crippen molar-refractivity contribution in [1.29, 1.82) is 0 Å². The molecule has 1 aliphatic carbocycles. The van der Waals surface area contributed by atoms with Gasteiger partial charge in [0.05, 0.1) is 5.60 Å². The maximum atomic E-state index is 9.79. The van der Waals surface area contributed by atoms with Crippen LogP contribution in [0.15, 0.2) is 0 Å². The highest BCUT2D eigenvalue weighted by Crippen LogP contribution is 2.40. The highest BCUT2D eigenvalue weighted by molar-refractivity contribution is 4.95. The van der Waals surface area contributed by atoms with Crippen LogP contribution in [-0.2, 0) is 0 Å². The van der Waals surface area contributed by atoms with Gasteiger partial charge in [0.15, 0.2) is 0 Å². The van der Waals surface area contributed by atoms with Crippen molar-refractivity contribution in [3.05, 3.63) is 0 Å². The quantitative estimate of drug-likeness (QED) is 0.630. The average Bonchev–Trinajstić information content (AvgIpc) is 2.64. The van der Waals surface area contributed by atoms with E-state index in [-0.39, 0.29) is 5.60 Å². The summed E-state index contributed by atoms with van der Waals surface area (Å²) in [6.07, 6.45) is 3.79. The van der Waals surface area contributed by atoms with Crippen molar-refractivity contribution < 1.29 is 5.11 Å². The molecular weight excluding hydrogens is 138 g/mol. The van der Waals surface area contributed by atoms with Crippen LogP contribution in [0.5, 0.6) is 0 Å². The third kappa shape index (κ3) is 1.57. The summed E-state index contributed by atoms with van der Waals surface area (Å²) in [5.41, 5.74) is -0.345. The van der Waals surface area contributed by atoms with Crippen molar-refractivity contribution in [3.63, 3.8) is 0 Å². The highest BCUT2D eigenvalue weighted by atomic mass is 16.3. The molecule has 0 aromatic heterocycles. The van der Waals surface area contributed by atoms with Crippen molar-refractivity contribution in [2.24, 2.45) is 11.8 Å². The first-order valence-electron chi connectivity index (χ1n) is 4.63. The molecule has 64 valence electrons. The van der Waals surface area contributed by atoms with Crippen molar-refractivity contribution in [2.45, 2.75) is 31.8 Å². The Hall–Kier alpha value is -0.0800. The van der Waals surface area contributed by atoms with Crippen LogP contribution in [-0.4, -0.2) is 23.8 Å². The lowest BCUT2D eigenvalue weighted by Crippen LogP contribution is -2.60. The first-order valence-corrected chi connectivity index (χ1v) is 4.63. The molecule has 0 aromatic rings. The molecule has 11 heavy (non-hydrogen) atoms. The van der Waals surface area contributed by atoms with E-state index in [2.05, 4.69) is 12.2 Å². The molecule has 1 aliphatic heterocycles. The van der Waals surface area contributed by atoms with Gasteiger partial charge in [-0.3, -0.25) is 0 Å². The molecule has 0 radical (unpaired) electrons. The average molecular weight is 155 g/mol. The van der Waals surface area contributed by atoms with Crippen LogP contribution in [0.4, 0.5) is 0 Å². The Kier molecular flexibility index (Phi) is 1.69. The monoisotopic (exact) mass is 155 g/mol. The summed E-state index contributed by atoms with van der Waals surface area (Å²) in [6.45, 7) is 3.89. The van der Waals surface area contributed by atoms with Crippen LogP contribution in [0, 0.1) is 11.8 Å². The van der Waals surface area contributed by atoms with E-state index < -0.39 is 0 Å². The Bertz CT molecular complexity index is 150. The molecule has 0 spiro atoms. The Labute approximate surface area is 68.0 Å². The van der Waals surface area contributed by atoms with Gasteiger partial charge in [0.1, 0.15) is 0 Å². The molecule has 1 heterocycles. The fraction of sp³-hybridized carbons (Fsp3) is 1.00. The van der Waals surface area contributed by atoms with Crippen LogP contribution in [0.25, 0.3) is 0 Å². The zero-order chi connectivity index (χ0) is 7.90. The molecule has 2 rings (SSSR count). The maximum absolute atomic E-state index is 9.79. The van der Waals surface area contributed by atoms with Gasteiger partial charge in [-0.15, -0.1) is 0 Å². The van der Waals surface area contributed by atoms with Gasteiger partial charge in [0.25, 0.3) is 0 Å². The van der Waals surface area contributed by atoms with Crippen molar-refractivity contribution >= 4 is 0 Å². The summed E-state index contributed by atoms with van der Waals surface area (Å²) in [7, 11) is 0. The number of hydrogen-bond donors (Lipinski definition) is 2. The van der Waals surface area contributed by atoms with Gasteiger partial charge in [0.2, 0.25) is 0 Å². The fourth-order valence-corrected chi connectivity index (χ4v) is 1.99. The summed E-state index contributed by atoms with van der Waals surface area (Å²) in [4.78, 5) is 0. The van der Waals surface area contributed by atoms with Crippen LogP contribution in [0.3, 0.4) is 0 Å². The number of rotatable bonds is 3. The summed E-state index contributed by atoms with van der Waals surface area (Å²) < 4.78 is 0. The minimum Gasteiger partial charge on any atom is -0.387 e. The highest BCUT2D eigenvalue weighted by Gasteiger charge is 2.39. The molecule has 2 aliphatic rings. The SMILES string of the molecule is CC(CC1(O)CNC1)C1CC1. The number of hydrogen-bond acceptors (Lipinski definition) is 2. The van der Waals surface area contributed by atoms with E-state index in [9.17, 15) is 5.11 Å². The van der Waals surface area contributed by atoms with Crippen LogP contribution < -0.4 is 5.32 Å². The predicted molar refractivity (Wildman–Crippen MR) is 44.3 cm³/mol. The van der Waals surface area contributed by atoms with Crippen LogP contribution >= 0.6 is 0 Å². The van der Waals surface area contributed by atoms with Gasteiger partial charge in [-0.2, -0.15) is 0 Å². The number of β-amino-alcohol motifs (C(OH)–C–C–N with tert-alkyl or cyclic N) is 1. The molecule has 0 aromatic carbocycles. The molecule has 2 nitrogen and oxygen atoms in total. The Morgan fingerprint density at radius 2 is 2.18 bits per heavy atom. The topological polar surface area (TPSA) is 32.3 Å². The molecule has 1 atom stereocenters. The largest absolute Gasteiger partial charge is 0.387 e. The molecule has 0 amide bonds. The minimum atomic E-state index is -0.345. The summed E-state index contributed by atoms with van der Waals surface area (Å²) >= 11 is 0. The van der Waals surface area contributed by atoms with Gasteiger partial charge < -0.3 is 10.4 Å². The Morgan fingerprint density at radius 3 is 2.55 bits per heavy atom. The molecule has 2 fully saturated rings. The zero-order valence-electron chi connectivity index (χ0n) is 7.14. The van der Waals surface area contributed by atoms with E-state index in [1.165, 1.54) is 12.8 Å². The third-order valence-electron chi connectivity index (χ3n) is 3.04. The lowest BCUT2D eigenvalue weighted by molar-refractivity contribution is -0.0307. The van der Waals surface area contributed by atoms with Crippen LogP contribution in [0.2, 0.25) is 0 Å². The first kappa shape index (κ1) is 7.56. The van der Waals surface area contributed by atoms with Crippen LogP contribution in [0.1, 0.15) is 26.2 Å². The first-order chi connectivity index (χ1) is 5.20. The lowest BCUT2D eigenvalue weighted by atomic mass is 9.84. The Morgan fingerprint density at radius 1 is 1.55 bits per heavy atom. The maximum Gasteiger partial charge on any atom is 0.0897 e. The van der Waals surface area contributed by atoms with Gasteiger partial charge >= 0.3 is 0 Å². The van der Waals surface area contributed by atoms with E-state index in [1.807, 2.05) is 0 Å². The van der Waals surface area contributed by atoms with Gasteiger partial charge in [-0.25, -0.2) is 0 Å². The molecule has 2 N–H and O–H groups in total. The minimum absolute atomic E-state index is 0.345.